The van der Waals surface area contributed by atoms with Crippen LogP contribution >= 0.6 is 26.0 Å². The largest absolute Gasteiger partial charge is 0.293 e. The summed E-state index contributed by atoms with van der Waals surface area (Å²) in [7, 11) is 3.49. The quantitative estimate of drug-likeness (QED) is 0.146. The normalized spacial score (nSPS) is 10.6. The molecule has 0 aromatic heterocycles. The van der Waals surface area contributed by atoms with Crippen LogP contribution in [0.2, 0.25) is 0 Å². The summed E-state index contributed by atoms with van der Waals surface area (Å²) < 4.78 is 0. The maximum absolute atomic E-state index is 4.26. The molecule has 0 atom stereocenters. The van der Waals surface area contributed by atoms with Crippen LogP contribution in [0, 0.1) is 6.16 Å². The van der Waals surface area contributed by atoms with E-state index in [1.807, 2.05) is 0 Å². The van der Waals surface area contributed by atoms with Crippen LogP contribution in [0.25, 0.3) is 0 Å². The summed E-state index contributed by atoms with van der Waals surface area (Å²) in [5.41, 5.74) is 0. The Kier molecular flexibility index (Phi) is 10.8. The number of rotatable bonds is 8. The molecule has 0 saturated carbocycles. The SMILES string of the molecule is [Cl][Ni].c1ccc(P([CH-]CCP(c2ccccc2)c2ccccc2)c2ccccc2)cc1. The Morgan fingerprint density at radius 3 is 1.19 bits per heavy atom. The Morgan fingerprint density at radius 1 is 0.516 bits per heavy atom. The second-order valence-electron chi connectivity index (χ2n) is 6.84. The van der Waals surface area contributed by atoms with Gasteiger partial charge in [-0.25, -0.2) is 7.92 Å². The molecule has 4 aromatic carbocycles. The van der Waals surface area contributed by atoms with Crippen molar-refractivity contribution < 1.29 is 14.6 Å². The fourth-order valence-corrected chi connectivity index (χ4v) is 8.04. The summed E-state index contributed by atoms with van der Waals surface area (Å²) in [5, 5.41) is 5.78. The van der Waals surface area contributed by atoms with Crippen LogP contribution in [-0.2, 0) is 14.6 Å². The summed E-state index contributed by atoms with van der Waals surface area (Å²) in [6.45, 7) is 0. The molecule has 4 aromatic rings. The van der Waals surface area contributed by atoms with Gasteiger partial charge in [0, 0.05) is 0 Å². The van der Waals surface area contributed by atoms with Crippen molar-refractivity contribution >= 4 is 47.3 Å². The van der Waals surface area contributed by atoms with Crippen LogP contribution in [0.3, 0.4) is 0 Å². The zero-order valence-corrected chi connectivity index (χ0v) is 20.7. The number of benzene rings is 4. The van der Waals surface area contributed by atoms with Gasteiger partial charge < -0.3 is 0 Å². The van der Waals surface area contributed by atoms with E-state index in [4.69, 9.17) is 0 Å². The molecule has 0 heterocycles. The van der Waals surface area contributed by atoms with E-state index in [2.05, 4.69) is 152 Å². The predicted molar refractivity (Wildman–Crippen MR) is 138 cm³/mol. The Labute approximate surface area is 201 Å². The molecule has 4 rings (SSSR count). The van der Waals surface area contributed by atoms with Gasteiger partial charge >= 0.3 is 24.8 Å². The maximum Gasteiger partial charge on any atom is -0.0196 e. The topological polar surface area (TPSA) is 0 Å². The first-order chi connectivity index (χ1) is 15.4. The van der Waals surface area contributed by atoms with E-state index in [9.17, 15) is 0 Å². The van der Waals surface area contributed by atoms with E-state index in [1.165, 1.54) is 27.4 Å². The van der Waals surface area contributed by atoms with Crippen molar-refractivity contribution in [2.45, 2.75) is 6.42 Å². The van der Waals surface area contributed by atoms with Crippen molar-refractivity contribution in [3.8, 4) is 0 Å². The van der Waals surface area contributed by atoms with E-state index >= 15 is 0 Å². The van der Waals surface area contributed by atoms with E-state index in [0.29, 0.717) is 0 Å². The molecule has 31 heavy (non-hydrogen) atoms. The molecule has 0 unspecified atom stereocenters. The first kappa shape index (κ1) is 24.2. The number of hydrogen-bond acceptors (Lipinski definition) is 0. The van der Waals surface area contributed by atoms with Gasteiger partial charge in [0.25, 0.3) is 0 Å². The van der Waals surface area contributed by atoms with Crippen LogP contribution in [0.4, 0.5) is 0 Å². The molecule has 0 aliphatic heterocycles. The van der Waals surface area contributed by atoms with E-state index in [0.717, 1.165) is 6.42 Å². The summed E-state index contributed by atoms with van der Waals surface area (Å²) in [4.78, 5) is 0. The van der Waals surface area contributed by atoms with Gasteiger partial charge in [0.1, 0.15) is 0 Å². The predicted octanol–water partition coefficient (Wildman–Crippen LogP) is 6.49. The molecule has 0 N–H and O–H groups in total. The molecule has 0 fully saturated rings. The average Bonchev–Trinajstić information content (AvgIpc) is 2.87. The van der Waals surface area contributed by atoms with E-state index in [1.54, 1.807) is 0 Å². The monoisotopic (exact) mass is 504 g/mol. The third-order valence-corrected chi connectivity index (χ3v) is 9.75. The van der Waals surface area contributed by atoms with Crippen LogP contribution in [-0.4, -0.2) is 6.16 Å². The van der Waals surface area contributed by atoms with Crippen LogP contribution in [0.5, 0.6) is 0 Å². The molecule has 0 radical (unpaired) electrons. The fourth-order valence-electron chi connectivity index (χ4n) is 3.48. The fraction of sp³-hybridized carbons (Fsp3) is 0.0741. The minimum atomic E-state index is -0.434. The van der Waals surface area contributed by atoms with Crippen molar-refractivity contribution in [3.05, 3.63) is 127 Å². The molecule has 0 spiro atoms. The summed E-state index contributed by atoms with van der Waals surface area (Å²) in [5.74, 6) is 0. The van der Waals surface area contributed by atoms with Crippen molar-refractivity contribution in [3.63, 3.8) is 0 Å². The standard InChI is InChI=1S/C27H25P2.ClH.Ni/c1-5-14-24(15-6-1)28(25-16-7-2-8-17-25)22-13-23-29(26-18-9-3-10-19-26)27-20-11-4-12-21-27;;/h1-12,14-22H,13,23H2;1H;/q-1;;+1/p-1. The molecule has 0 aliphatic rings. The van der Waals surface area contributed by atoms with Crippen molar-refractivity contribution in [1.29, 1.82) is 0 Å². The van der Waals surface area contributed by atoms with E-state index in [-0.39, 0.29) is 7.92 Å². The first-order valence-corrected chi connectivity index (χ1v) is 14.4. The van der Waals surface area contributed by atoms with Gasteiger partial charge in [0.2, 0.25) is 0 Å². The van der Waals surface area contributed by atoms with Gasteiger partial charge in [0.15, 0.2) is 0 Å². The second kappa shape index (κ2) is 13.8. The Hall–Kier alpha value is -1.48. The van der Waals surface area contributed by atoms with E-state index < -0.39 is 7.92 Å². The second-order valence-corrected chi connectivity index (χ2v) is 11.3. The summed E-state index contributed by atoms with van der Waals surface area (Å²) in [6, 6.07) is 43.9. The Bertz CT molecular complexity index is 821. The number of hydrogen-bond donors (Lipinski definition) is 0. The third-order valence-electron chi connectivity index (χ3n) is 4.87. The molecule has 0 amide bonds. The molecule has 0 nitrogen and oxygen atoms in total. The summed E-state index contributed by atoms with van der Waals surface area (Å²) in [6.07, 6.45) is 4.87. The molecule has 0 saturated heterocycles. The van der Waals surface area contributed by atoms with Crippen LogP contribution in [0.15, 0.2) is 121 Å². The van der Waals surface area contributed by atoms with Gasteiger partial charge in [-0.3, -0.25) is 6.16 Å². The maximum atomic E-state index is 4.26. The van der Waals surface area contributed by atoms with Crippen LogP contribution in [0.1, 0.15) is 6.42 Å². The zero-order valence-electron chi connectivity index (χ0n) is 17.1. The van der Waals surface area contributed by atoms with Gasteiger partial charge in [-0.1, -0.05) is 138 Å². The minimum absolute atomic E-state index is 0.340. The summed E-state index contributed by atoms with van der Waals surface area (Å²) >= 11 is 3.35. The molecule has 4 heteroatoms. The first-order valence-electron chi connectivity index (χ1n) is 10.1. The third kappa shape index (κ3) is 7.27. The molecule has 0 aliphatic carbocycles. The Balaban J connectivity index is 0.00000132. The van der Waals surface area contributed by atoms with Gasteiger partial charge in [-0.2, -0.15) is 6.42 Å². The molecular formula is C27H25ClNiP2-. The van der Waals surface area contributed by atoms with Crippen molar-refractivity contribution in [2.75, 3.05) is 6.16 Å². The van der Waals surface area contributed by atoms with Crippen molar-refractivity contribution in [2.24, 2.45) is 0 Å². The van der Waals surface area contributed by atoms with Crippen molar-refractivity contribution in [1.82, 2.24) is 0 Å². The zero-order chi connectivity index (χ0) is 21.7. The Morgan fingerprint density at radius 2 is 0.839 bits per heavy atom. The minimum Gasteiger partial charge on any atom is -0.293 e. The molecule has 161 valence electrons. The van der Waals surface area contributed by atoms with Gasteiger partial charge in [-0.05, 0) is 18.5 Å². The number of halogens is 1. The van der Waals surface area contributed by atoms with Crippen LogP contribution < -0.4 is 21.2 Å². The molecule has 0 bridgehead atoms. The van der Waals surface area contributed by atoms with Gasteiger partial charge in [-0.15, -0.1) is 0 Å². The molecular weight excluding hydrogens is 480 g/mol. The smallest absolute Gasteiger partial charge is 0.0196 e. The average molecular weight is 506 g/mol. The van der Waals surface area contributed by atoms with Gasteiger partial charge in [0.05, 0.1) is 0 Å².